The van der Waals surface area contributed by atoms with Crippen molar-refractivity contribution >= 4 is 6.03 Å². The van der Waals surface area contributed by atoms with Crippen LogP contribution in [0.3, 0.4) is 0 Å². The van der Waals surface area contributed by atoms with Gasteiger partial charge in [-0.15, -0.1) is 0 Å². The van der Waals surface area contributed by atoms with Gasteiger partial charge in [-0.25, -0.2) is 9.18 Å². The Balaban J connectivity index is 3.17. The third-order valence-corrected chi connectivity index (χ3v) is 1.45. The minimum atomic E-state index is -0.523. The van der Waals surface area contributed by atoms with E-state index >= 15 is 0 Å². The van der Waals surface area contributed by atoms with Crippen molar-refractivity contribution in [2.75, 3.05) is 40.4 Å². The maximum absolute atomic E-state index is 11.6. The van der Waals surface area contributed by atoms with E-state index in [-0.39, 0.29) is 12.6 Å². The summed E-state index contributed by atoms with van der Waals surface area (Å²) in [5.74, 6) is 0. The molecule has 78 valence electrons. The third-order valence-electron chi connectivity index (χ3n) is 1.45. The number of nitrogens with zero attached hydrogens (tertiary/aromatic N) is 1. The maximum Gasteiger partial charge on any atom is 0.314 e. The molecule has 0 aliphatic rings. The largest absolute Gasteiger partial charge is 0.338 e. The van der Waals surface area contributed by atoms with Crippen LogP contribution in [0.25, 0.3) is 0 Å². The molecular weight excluding hydrogens is 173 g/mol. The Morgan fingerprint density at radius 2 is 1.92 bits per heavy atom. The number of urea groups is 1. The SMILES string of the molecule is CN(C)CCCNC(=O)NCCF. The number of hydrogen-bond donors (Lipinski definition) is 2. The van der Waals surface area contributed by atoms with Crippen LogP contribution in [0.1, 0.15) is 6.42 Å². The van der Waals surface area contributed by atoms with Gasteiger partial charge in [0.1, 0.15) is 6.67 Å². The van der Waals surface area contributed by atoms with Gasteiger partial charge >= 0.3 is 6.03 Å². The van der Waals surface area contributed by atoms with E-state index in [0.29, 0.717) is 6.54 Å². The fourth-order valence-electron chi connectivity index (χ4n) is 0.820. The van der Waals surface area contributed by atoms with Crippen molar-refractivity contribution in [1.29, 1.82) is 0 Å². The second kappa shape index (κ2) is 7.79. The topological polar surface area (TPSA) is 44.4 Å². The normalized spacial score (nSPS) is 10.2. The van der Waals surface area contributed by atoms with Crippen LogP contribution in [0.15, 0.2) is 0 Å². The first-order valence-electron chi connectivity index (χ1n) is 4.39. The molecule has 2 amide bonds. The monoisotopic (exact) mass is 191 g/mol. The highest BCUT2D eigenvalue weighted by molar-refractivity contribution is 5.73. The van der Waals surface area contributed by atoms with E-state index in [1.165, 1.54) is 0 Å². The van der Waals surface area contributed by atoms with Gasteiger partial charge in [-0.3, -0.25) is 0 Å². The molecule has 0 heterocycles. The van der Waals surface area contributed by atoms with Gasteiger partial charge in [0.2, 0.25) is 0 Å². The summed E-state index contributed by atoms with van der Waals surface area (Å²) in [6.07, 6.45) is 0.899. The minimum Gasteiger partial charge on any atom is -0.338 e. The molecule has 0 saturated carbocycles. The van der Waals surface area contributed by atoms with Crippen molar-refractivity contribution in [2.45, 2.75) is 6.42 Å². The second-order valence-electron chi connectivity index (χ2n) is 3.03. The molecule has 0 aromatic heterocycles. The summed E-state index contributed by atoms with van der Waals surface area (Å²) < 4.78 is 11.6. The van der Waals surface area contributed by atoms with Crippen LogP contribution in [0.2, 0.25) is 0 Å². The van der Waals surface area contributed by atoms with Gasteiger partial charge in [0.15, 0.2) is 0 Å². The Bertz CT molecular complexity index is 141. The van der Waals surface area contributed by atoms with Crippen LogP contribution >= 0.6 is 0 Å². The predicted molar refractivity (Wildman–Crippen MR) is 50.5 cm³/mol. The van der Waals surface area contributed by atoms with E-state index in [1.54, 1.807) is 0 Å². The zero-order valence-corrected chi connectivity index (χ0v) is 8.27. The first-order valence-corrected chi connectivity index (χ1v) is 4.39. The van der Waals surface area contributed by atoms with Crippen LogP contribution in [0.4, 0.5) is 9.18 Å². The fourth-order valence-corrected chi connectivity index (χ4v) is 0.820. The van der Waals surface area contributed by atoms with E-state index in [4.69, 9.17) is 0 Å². The number of carbonyl (C=O) groups excluding carboxylic acids is 1. The predicted octanol–water partition coefficient (Wildman–Crippen LogP) is 0.207. The van der Waals surface area contributed by atoms with Crippen molar-refractivity contribution in [2.24, 2.45) is 0 Å². The molecule has 0 unspecified atom stereocenters. The van der Waals surface area contributed by atoms with E-state index in [9.17, 15) is 9.18 Å². The Labute approximate surface area is 78.5 Å². The first-order chi connectivity index (χ1) is 6.16. The summed E-state index contributed by atoms with van der Waals surface area (Å²) in [7, 11) is 3.95. The van der Waals surface area contributed by atoms with Gasteiger partial charge in [-0.2, -0.15) is 0 Å². The van der Waals surface area contributed by atoms with Crippen LogP contribution < -0.4 is 10.6 Å². The van der Waals surface area contributed by atoms with Crippen LogP contribution in [-0.2, 0) is 0 Å². The molecular formula is C8H18FN3O. The third kappa shape index (κ3) is 9.07. The Kier molecular flexibility index (Phi) is 7.29. The lowest BCUT2D eigenvalue weighted by Crippen LogP contribution is -2.37. The number of nitrogens with one attached hydrogen (secondary N) is 2. The standard InChI is InChI=1S/C8H18FN3O/c1-12(2)7-3-5-10-8(13)11-6-4-9/h3-7H2,1-2H3,(H2,10,11,13). The summed E-state index contributed by atoms with van der Waals surface area (Å²) in [4.78, 5) is 12.9. The molecule has 0 spiro atoms. The lowest BCUT2D eigenvalue weighted by Gasteiger charge is -2.09. The Hall–Kier alpha value is -0.840. The van der Waals surface area contributed by atoms with Gasteiger partial charge < -0.3 is 15.5 Å². The molecule has 0 fully saturated rings. The van der Waals surface area contributed by atoms with Crippen LogP contribution in [-0.4, -0.2) is 51.3 Å². The fraction of sp³-hybridized carbons (Fsp3) is 0.875. The number of rotatable bonds is 6. The average molecular weight is 191 g/mol. The van der Waals surface area contributed by atoms with Gasteiger partial charge in [-0.05, 0) is 27.1 Å². The number of halogens is 1. The van der Waals surface area contributed by atoms with Crippen molar-refractivity contribution in [3.63, 3.8) is 0 Å². The number of alkyl halides is 1. The molecule has 0 aromatic carbocycles. The molecule has 5 heteroatoms. The smallest absolute Gasteiger partial charge is 0.314 e. The molecule has 0 aromatic rings. The van der Waals surface area contributed by atoms with Crippen molar-refractivity contribution in [1.82, 2.24) is 15.5 Å². The molecule has 0 radical (unpaired) electrons. The summed E-state index contributed by atoms with van der Waals surface area (Å²) in [6, 6.07) is -0.295. The molecule has 4 nitrogen and oxygen atoms in total. The first kappa shape index (κ1) is 12.2. The van der Waals surface area contributed by atoms with E-state index in [1.807, 2.05) is 19.0 Å². The molecule has 0 rings (SSSR count). The Morgan fingerprint density at radius 1 is 1.31 bits per heavy atom. The number of hydrogen-bond acceptors (Lipinski definition) is 2. The molecule has 13 heavy (non-hydrogen) atoms. The molecule has 0 aliphatic heterocycles. The molecule has 2 N–H and O–H groups in total. The van der Waals surface area contributed by atoms with Crippen LogP contribution in [0.5, 0.6) is 0 Å². The average Bonchev–Trinajstić information content (AvgIpc) is 2.08. The lowest BCUT2D eigenvalue weighted by molar-refractivity contribution is 0.239. The lowest BCUT2D eigenvalue weighted by atomic mass is 10.4. The Morgan fingerprint density at radius 3 is 2.46 bits per heavy atom. The molecule has 0 aliphatic carbocycles. The summed E-state index contributed by atoms with van der Waals surface area (Å²) in [5, 5.41) is 5.01. The highest BCUT2D eigenvalue weighted by atomic mass is 19.1. The molecule has 0 bridgehead atoms. The van der Waals surface area contributed by atoms with E-state index in [0.717, 1.165) is 13.0 Å². The second-order valence-corrected chi connectivity index (χ2v) is 3.03. The van der Waals surface area contributed by atoms with Gasteiger partial charge in [0.05, 0.1) is 0 Å². The molecule has 0 atom stereocenters. The minimum absolute atomic E-state index is 0.0829. The highest BCUT2D eigenvalue weighted by Gasteiger charge is 1.97. The molecule has 0 saturated heterocycles. The van der Waals surface area contributed by atoms with Gasteiger partial charge in [-0.1, -0.05) is 0 Å². The summed E-state index contributed by atoms with van der Waals surface area (Å²) >= 11 is 0. The van der Waals surface area contributed by atoms with Crippen molar-refractivity contribution in [3.05, 3.63) is 0 Å². The number of carbonyl (C=O) groups is 1. The highest BCUT2D eigenvalue weighted by Crippen LogP contribution is 1.80. The zero-order chi connectivity index (χ0) is 10.1. The van der Waals surface area contributed by atoms with Gasteiger partial charge in [0, 0.05) is 13.1 Å². The van der Waals surface area contributed by atoms with Crippen LogP contribution in [0, 0.1) is 0 Å². The van der Waals surface area contributed by atoms with Crippen molar-refractivity contribution in [3.8, 4) is 0 Å². The summed E-state index contributed by atoms with van der Waals surface area (Å²) in [6.45, 7) is 1.12. The zero-order valence-electron chi connectivity index (χ0n) is 8.27. The van der Waals surface area contributed by atoms with Crippen molar-refractivity contribution < 1.29 is 9.18 Å². The number of amides is 2. The van der Waals surface area contributed by atoms with Gasteiger partial charge in [0.25, 0.3) is 0 Å². The van der Waals surface area contributed by atoms with E-state index < -0.39 is 6.67 Å². The maximum atomic E-state index is 11.6. The quantitative estimate of drug-likeness (QED) is 0.589. The van der Waals surface area contributed by atoms with E-state index in [2.05, 4.69) is 10.6 Å². The summed E-state index contributed by atoms with van der Waals surface area (Å²) in [5.41, 5.74) is 0.